The van der Waals surface area contributed by atoms with E-state index in [9.17, 15) is 10.1 Å². The van der Waals surface area contributed by atoms with Crippen molar-refractivity contribution in [1.29, 1.82) is 0 Å². The number of nitro benzene ring substituents is 1. The van der Waals surface area contributed by atoms with Gasteiger partial charge in [-0.25, -0.2) is 0 Å². The maximum Gasteiger partial charge on any atom is 0.269 e. The Morgan fingerprint density at radius 3 is 2.59 bits per heavy atom. The Balaban J connectivity index is 1.83. The second-order valence-electron chi connectivity index (χ2n) is 4.98. The molecule has 0 saturated heterocycles. The van der Waals surface area contributed by atoms with Crippen molar-refractivity contribution in [3.8, 4) is 5.75 Å². The summed E-state index contributed by atoms with van der Waals surface area (Å²) in [5.74, 6) is 0.601. The Kier molecular flexibility index (Phi) is 3.70. The van der Waals surface area contributed by atoms with E-state index >= 15 is 0 Å². The number of nitrogens with zero attached hydrogens (tertiary/aromatic N) is 2. The molecule has 0 aliphatic rings. The lowest BCUT2D eigenvalue weighted by molar-refractivity contribution is -0.384. The Hall–Kier alpha value is -2.95. The van der Waals surface area contributed by atoms with E-state index in [4.69, 9.17) is 4.74 Å². The number of aromatic nitrogens is 1. The third-order valence-electron chi connectivity index (χ3n) is 3.37. The number of para-hydroxylation sites is 1. The Labute approximate surface area is 127 Å². The minimum Gasteiger partial charge on any atom is -0.489 e. The van der Waals surface area contributed by atoms with Gasteiger partial charge in [-0.05, 0) is 31.2 Å². The second kappa shape index (κ2) is 5.81. The number of nitro groups is 1. The molecule has 0 radical (unpaired) electrons. The van der Waals surface area contributed by atoms with E-state index in [1.807, 2.05) is 37.3 Å². The third-order valence-corrected chi connectivity index (χ3v) is 3.37. The smallest absolute Gasteiger partial charge is 0.269 e. The van der Waals surface area contributed by atoms with Crippen LogP contribution in [0.25, 0.3) is 10.9 Å². The summed E-state index contributed by atoms with van der Waals surface area (Å²) in [4.78, 5) is 14.7. The quantitative estimate of drug-likeness (QED) is 0.538. The van der Waals surface area contributed by atoms with Gasteiger partial charge in [0.1, 0.15) is 12.4 Å². The molecule has 1 heterocycles. The molecule has 0 spiro atoms. The largest absolute Gasteiger partial charge is 0.489 e. The fourth-order valence-electron chi connectivity index (χ4n) is 2.34. The van der Waals surface area contributed by atoms with Gasteiger partial charge in [0, 0.05) is 28.8 Å². The first-order valence-corrected chi connectivity index (χ1v) is 6.86. The van der Waals surface area contributed by atoms with Crippen LogP contribution in [0.2, 0.25) is 0 Å². The van der Waals surface area contributed by atoms with Gasteiger partial charge in [0.15, 0.2) is 0 Å². The standard InChI is InChI=1S/C17H14N2O3/c1-12-10-13(16-4-2-3-5-17(16)18-12)11-22-15-8-6-14(7-9-15)19(20)21/h2-10H,11H2,1H3. The molecule has 2 aromatic carbocycles. The minimum absolute atomic E-state index is 0.0533. The predicted octanol–water partition coefficient (Wildman–Crippen LogP) is 4.03. The van der Waals surface area contributed by atoms with E-state index in [1.165, 1.54) is 12.1 Å². The number of non-ortho nitro benzene ring substituents is 1. The molecule has 0 bridgehead atoms. The third kappa shape index (κ3) is 2.88. The monoisotopic (exact) mass is 294 g/mol. The zero-order chi connectivity index (χ0) is 15.5. The average molecular weight is 294 g/mol. The number of hydrogen-bond acceptors (Lipinski definition) is 4. The van der Waals surface area contributed by atoms with Gasteiger partial charge in [-0.15, -0.1) is 0 Å². The minimum atomic E-state index is -0.427. The number of rotatable bonds is 4. The molecule has 3 aromatic rings. The molecule has 0 saturated carbocycles. The Morgan fingerprint density at radius 2 is 1.86 bits per heavy atom. The highest BCUT2D eigenvalue weighted by Gasteiger charge is 2.07. The van der Waals surface area contributed by atoms with Gasteiger partial charge in [-0.3, -0.25) is 15.1 Å². The Bertz CT molecular complexity index is 829. The molecule has 22 heavy (non-hydrogen) atoms. The summed E-state index contributed by atoms with van der Waals surface area (Å²) < 4.78 is 5.74. The number of pyridine rings is 1. The lowest BCUT2D eigenvalue weighted by Crippen LogP contribution is -1.99. The summed E-state index contributed by atoms with van der Waals surface area (Å²) in [6.07, 6.45) is 0. The van der Waals surface area contributed by atoms with E-state index in [-0.39, 0.29) is 5.69 Å². The molecule has 5 nitrogen and oxygen atoms in total. The molecule has 1 aromatic heterocycles. The van der Waals surface area contributed by atoms with Gasteiger partial charge in [0.2, 0.25) is 0 Å². The molecule has 0 fully saturated rings. The number of aryl methyl sites for hydroxylation is 1. The lowest BCUT2D eigenvalue weighted by atomic mass is 10.1. The predicted molar refractivity (Wildman–Crippen MR) is 83.9 cm³/mol. The fourth-order valence-corrected chi connectivity index (χ4v) is 2.34. The van der Waals surface area contributed by atoms with E-state index < -0.39 is 4.92 Å². The van der Waals surface area contributed by atoms with Crippen LogP contribution in [0.4, 0.5) is 5.69 Å². The first-order valence-electron chi connectivity index (χ1n) is 6.86. The summed E-state index contributed by atoms with van der Waals surface area (Å²) in [6, 6.07) is 16.0. The first-order chi connectivity index (χ1) is 10.6. The van der Waals surface area contributed by atoms with Crippen molar-refractivity contribution >= 4 is 16.6 Å². The summed E-state index contributed by atoms with van der Waals surface area (Å²) in [6.45, 7) is 2.34. The molecule has 0 unspecified atom stereocenters. The van der Waals surface area contributed by atoms with Crippen LogP contribution in [0, 0.1) is 17.0 Å². The molecule has 0 N–H and O–H groups in total. The molecule has 5 heteroatoms. The molecule has 0 aliphatic heterocycles. The summed E-state index contributed by atoms with van der Waals surface area (Å²) in [7, 11) is 0. The van der Waals surface area contributed by atoms with Crippen LogP contribution in [0.5, 0.6) is 5.75 Å². The highest BCUT2D eigenvalue weighted by molar-refractivity contribution is 5.82. The highest BCUT2D eigenvalue weighted by Crippen LogP contribution is 2.22. The Morgan fingerprint density at radius 1 is 1.14 bits per heavy atom. The van der Waals surface area contributed by atoms with Crippen molar-refractivity contribution in [1.82, 2.24) is 4.98 Å². The van der Waals surface area contributed by atoms with Gasteiger partial charge >= 0.3 is 0 Å². The fraction of sp³-hybridized carbons (Fsp3) is 0.118. The number of hydrogen-bond donors (Lipinski definition) is 0. The maximum absolute atomic E-state index is 10.6. The topological polar surface area (TPSA) is 65.3 Å². The molecule has 0 amide bonds. The molecule has 110 valence electrons. The number of fused-ring (bicyclic) bond motifs is 1. The van der Waals surface area contributed by atoms with Crippen LogP contribution in [0.15, 0.2) is 54.6 Å². The van der Waals surface area contributed by atoms with E-state index in [0.29, 0.717) is 12.4 Å². The van der Waals surface area contributed by atoms with Crippen molar-refractivity contribution in [2.24, 2.45) is 0 Å². The van der Waals surface area contributed by atoms with Crippen LogP contribution in [-0.2, 0) is 6.61 Å². The lowest BCUT2D eigenvalue weighted by Gasteiger charge is -2.10. The SMILES string of the molecule is Cc1cc(COc2ccc([N+](=O)[O-])cc2)c2ccccc2n1. The van der Waals surface area contributed by atoms with Gasteiger partial charge < -0.3 is 4.74 Å². The summed E-state index contributed by atoms with van der Waals surface area (Å²) in [5.41, 5.74) is 2.96. The first kappa shape index (κ1) is 14.0. The number of benzene rings is 2. The van der Waals surface area contributed by atoms with Crippen molar-refractivity contribution in [2.45, 2.75) is 13.5 Å². The molecular weight excluding hydrogens is 280 g/mol. The second-order valence-corrected chi connectivity index (χ2v) is 4.98. The van der Waals surface area contributed by atoms with Crippen LogP contribution in [0.1, 0.15) is 11.3 Å². The van der Waals surface area contributed by atoms with Crippen LogP contribution < -0.4 is 4.74 Å². The molecule has 3 rings (SSSR count). The van der Waals surface area contributed by atoms with E-state index in [0.717, 1.165) is 22.2 Å². The van der Waals surface area contributed by atoms with Crippen molar-refractivity contribution in [3.05, 3.63) is 76.0 Å². The van der Waals surface area contributed by atoms with Crippen LogP contribution in [0.3, 0.4) is 0 Å². The maximum atomic E-state index is 10.6. The average Bonchev–Trinajstić information content (AvgIpc) is 2.52. The van der Waals surface area contributed by atoms with Gasteiger partial charge in [-0.1, -0.05) is 18.2 Å². The van der Waals surface area contributed by atoms with Crippen LogP contribution in [-0.4, -0.2) is 9.91 Å². The van der Waals surface area contributed by atoms with E-state index in [1.54, 1.807) is 12.1 Å². The zero-order valence-electron chi connectivity index (χ0n) is 12.0. The van der Waals surface area contributed by atoms with Crippen molar-refractivity contribution in [2.75, 3.05) is 0 Å². The molecular formula is C17H14N2O3. The summed E-state index contributed by atoms with van der Waals surface area (Å²) in [5, 5.41) is 11.7. The summed E-state index contributed by atoms with van der Waals surface area (Å²) >= 11 is 0. The number of ether oxygens (including phenoxy) is 1. The van der Waals surface area contributed by atoms with Gasteiger partial charge in [-0.2, -0.15) is 0 Å². The van der Waals surface area contributed by atoms with Gasteiger partial charge in [0.25, 0.3) is 5.69 Å². The van der Waals surface area contributed by atoms with Crippen LogP contribution >= 0.6 is 0 Å². The highest BCUT2D eigenvalue weighted by atomic mass is 16.6. The molecule has 0 atom stereocenters. The van der Waals surface area contributed by atoms with E-state index in [2.05, 4.69) is 4.98 Å². The van der Waals surface area contributed by atoms with Gasteiger partial charge in [0.05, 0.1) is 10.4 Å². The zero-order valence-corrected chi connectivity index (χ0v) is 12.0. The normalized spacial score (nSPS) is 10.6. The molecule has 0 aliphatic carbocycles. The van der Waals surface area contributed by atoms with Crippen molar-refractivity contribution < 1.29 is 9.66 Å². The van der Waals surface area contributed by atoms with Crippen molar-refractivity contribution in [3.63, 3.8) is 0 Å².